The predicted molar refractivity (Wildman–Crippen MR) is 83.0 cm³/mol. The average molecular weight is 351 g/mol. The second kappa shape index (κ2) is 6.33. The van der Waals surface area contributed by atoms with Gasteiger partial charge in [-0.3, -0.25) is 20.8 Å². The molecule has 0 atom stereocenters. The van der Waals surface area contributed by atoms with E-state index in [-0.39, 0.29) is 16.9 Å². The fourth-order valence-corrected chi connectivity index (χ4v) is 2.09. The van der Waals surface area contributed by atoms with Gasteiger partial charge in [0, 0.05) is 16.1 Å². The summed E-state index contributed by atoms with van der Waals surface area (Å²) in [5.74, 6) is 4.75. The summed E-state index contributed by atoms with van der Waals surface area (Å²) in [5, 5.41) is 13.6. The quantitative estimate of drug-likeness (QED) is 0.446. The zero-order chi connectivity index (χ0) is 15.4. The zero-order valence-corrected chi connectivity index (χ0v) is 12.3. The second-order valence-electron chi connectivity index (χ2n) is 4.07. The number of amides is 1. The molecule has 0 fully saturated rings. The summed E-state index contributed by atoms with van der Waals surface area (Å²) in [6.45, 7) is 0. The standard InChI is InChI=1S/C13H11BrN4O3/c14-9-3-1-2-4-10(9)16-13(19)8-5-6-11(17-15)12(7-8)18(20)21/h1-7,17H,15H2,(H,16,19). The molecule has 21 heavy (non-hydrogen) atoms. The molecule has 0 saturated carbocycles. The minimum absolute atomic E-state index is 0.137. The van der Waals surface area contributed by atoms with E-state index in [9.17, 15) is 14.9 Å². The summed E-state index contributed by atoms with van der Waals surface area (Å²) in [4.78, 5) is 22.5. The van der Waals surface area contributed by atoms with Crippen molar-refractivity contribution in [3.63, 3.8) is 0 Å². The van der Waals surface area contributed by atoms with Crippen LogP contribution in [0.5, 0.6) is 0 Å². The minimum atomic E-state index is -0.607. The van der Waals surface area contributed by atoms with Crippen molar-refractivity contribution in [2.24, 2.45) is 5.84 Å². The van der Waals surface area contributed by atoms with Gasteiger partial charge in [-0.1, -0.05) is 12.1 Å². The number of nitrogens with one attached hydrogen (secondary N) is 2. The Labute approximate surface area is 128 Å². The first-order chi connectivity index (χ1) is 10.0. The summed E-state index contributed by atoms with van der Waals surface area (Å²) in [7, 11) is 0. The summed E-state index contributed by atoms with van der Waals surface area (Å²) < 4.78 is 0.716. The molecule has 0 aliphatic heterocycles. The van der Waals surface area contributed by atoms with Gasteiger partial charge in [-0.05, 0) is 40.2 Å². The number of rotatable bonds is 4. The van der Waals surface area contributed by atoms with Gasteiger partial charge < -0.3 is 10.7 Å². The van der Waals surface area contributed by atoms with E-state index in [1.807, 2.05) is 6.07 Å². The minimum Gasteiger partial charge on any atom is -0.321 e. The Bertz CT molecular complexity index is 706. The van der Waals surface area contributed by atoms with Gasteiger partial charge in [0.05, 0.1) is 10.6 Å². The molecule has 8 heteroatoms. The van der Waals surface area contributed by atoms with Crippen molar-refractivity contribution in [1.29, 1.82) is 0 Å². The molecule has 0 spiro atoms. The van der Waals surface area contributed by atoms with Gasteiger partial charge in [0.15, 0.2) is 0 Å². The number of carbonyl (C=O) groups excluding carboxylic acids is 1. The Hall–Kier alpha value is -2.45. The van der Waals surface area contributed by atoms with Crippen molar-refractivity contribution < 1.29 is 9.72 Å². The van der Waals surface area contributed by atoms with Crippen LogP contribution >= 0.6 is 15.9 Å². The molecule has 0 saturated heterocycles. The van der Waals surface area contributed by atoms with Gasteiger partial charge in [0.25, 0.3) is 11.6 Å². The van der Waals surface area contributed by atoms with E-state index >= 15 is 0 Å². The molecule has 0 unspecified atom stereocenters. The lowest BCUT2D eigenvalue weighted by atomic mass is 10.1. The number of benzene rings is 2. The fraction of sp³-hybridized carbons (Fsp3) is 0. The molecule has 0 radical (unpaired) electrons. The molecule has 1 amide bonds. The summed E-state index contributed by atoms with van der Waals surface area (Å²) in [6, 6.07) is 11.1. The highest BCUT2D eigenvalue weighted by Gasteiger charge is 2.17. The van der Waals surface area contributed by atoms with Crippen molar-refractivity contribution in [2.75, 3.05) is 10.7 Å². The molecule has 2 aromatic rings. The number of halogens is 1. The first kappa shape index (κ1) is 14.9. The number of carbonyl (C=O) groups is 1. The maximum Gasteiger partial charge on any atom is 0.294 e. The summed E-state index contributed by atoms with van der Waals surface area (Å²) >= 11 is 3.31. The summed E-state index contributed by atoms with van der Waals surface area (Å²) in [5.41, 5.74) is 2.83. The molecule has 2 rings (SSSR count). The van der Waals surface area contributed by atoms with Crippen LogP contribution in [0.25, 0.3) is 0 Å². The van der Waals surface area contributed by atoms with Crippen LogP contribution in [0.15, 0.2) is 46.9 Å². The number of para-hydroxylation sites is 1. The third kappa shape index (κ3) is 3.36. The van der Waals surface area contributed by atoms with E-state index in [0.29, 0.717) is 10.2 Å². The van der Waals surface area contributed by atoms with Gasteiger partial charge in [0.2, 0.25) is 0 Å². The van der Waals surface area contributed by atoms with Crippen LogP contribution in [0.1, 0.15) is 10.4 Å². The Morgan fingerprint density at radius 3 is 2.52 bits per heavy atom. The molecule has 7 nitrogen and oxygen atoms in total. The monoisotopic (exact) mass is 350 g/mol. The molecule has 4 N–H and O–H groups in total. The van der Waals surface area contributed by atoms with E-state index in [1.54, 1.807) is 18.2 Å². The molecule has 0 aromatic heterocycles. The van der Waals surface area contributed by atoms with Gasteiger partial charge in [-0.15, -0.1) is 0 Å². The van der Waals surface area contributed by atoms with Crippen molar-refractivity contribution >= 4 is 38.9 Å². The van der Waals surface area contributed by atoms with Crippen molar-refractivity contribution in [3.8, 4) is 0 Å². The lowest BCUT2D eigenvalue weighted by Crippen LogP contribution is -2.14. The number of hydrogen-bond acceptors (Lipinski definition) is 5. The fourth-order valence-electron chi connectivity index (χ4n) is 1.70. The number of hydrazine groups is 1. The third-order valence-corrected chi connectivity index (χ3v) is 3.43. The Morgan fingerprint density at radius 1 is 1.19 bits per heavy atom. The topological polar surface area (TPSA) is 110 Å². The highest BCUT2D eigenvalue weighted by molar-refractivity contribution is 9.10. The predicted octanol–water partition coefficient (Wildman–Crippen LogP) is 2.90. The van der Waals surface area contributed by atoms with Crippen LogP contribution in [0.3, 0.4) is 0 Å². The third-order valence-electron chi connectivity index (χ3n) is 2.73. The first-order valence-corrected chi connectivity index (χ1v) is 6.63. The molecule has 0 bridgehead atoms. The normalized spacial score (nSPS) is 10.0. The smallest absolute Gasteiger partial charge is 0.294 e. The van der Waals surface area contributed by atoms with Crippen LogP contribution in [-0.4, -0.2) is 10.8 Å². The van der Waals surface area contributed by atoms with Crippen LogP contribution in [0.4, 0.5) is 17.1 Å². The second-order valence-corrected chi connectivity index (χ2v) is 4.92. The molecular formula is C13H11BrN4O3. The number of anilines is 2. The molecule has 108 valence electrons. The van der Waals surface area contributed by atoms with Gasteiger partial charge in [-0.2, -0.15) is 0 Å². The Kier molecular flexibility index (Phi) is 4.51. The number of nitrogens with zero attached hydrogens (tertiary/aromatic N) is 1. The highest BCUT2D eigenvalue weighted by atomic mass is 79.9. The van der Waals surface area contributed by atoms with E-state index in [4.69, 9.17) is 5.84 Å². The number of nitro groups is 1. The molecule has 0 aliphatic carbocycles. The Morgan fingerprint density at radius 2 is 1.90 bits per heavy atom. The van der Waals surface area contributed by atoms with Gasteiger partial charge >= 0.3 is 0 Å². The largest absolute Gasteiger partial charge is 0.321 e. The van der Waals surface area contributed by atoms with E-state index in [0.717, 1.165) is 0 Å². The molecule has 0 aliphatic rings. The molecule has 0 heterocycles. The maximum absolute atomic E-state index is 12.1. The number of nitrogen functional groups attached to an aromatic ring is 1. The molecular weight excluding hydrogens is 340 g/mol. The van der Waals surface area contributed by atoms with Crippen molar-refractivity contribution in [1.82, 2.24) is 0 Å². The molecule has 2 aromatic carbocycles. The number of nitrogens with two attached hydrogens (primary N) is 1. The highest BCUT2D eigenvalue weighted by Crippen LogP contribution is 2.26. The van der Waals surface area contributed by atoms with Crippen molar-refractivity contribution in [2.45, 2.75) is 0 Å². The van der Waals surface area contributed by atoms with E-state index in [2.05, 4.69) is 26.7 Å². The van der Waals surface area contributed by atoms with Crippen LogP contribution in [-0.2, 0) is 0 Å². The van der Waals surface area contributed by atoms with Crippen LogP contribution < -0.4 is 16.6 Å². The number of nitro benzene ring substituents is 1. The first-order valence-electron chi connectivity index (χ1n) is 5.84. The van der Waals surface area contributed by atoms with E-state index in [1.165, 1.54) is 18.2 Å². The summed E-state index contributed by atoms with van der Waals surface area (Å²) in [6.07, 6.45) is 0. The SMILES string of the molecule is NNc1ccc(C(=O)Nc2ccccc2Br)cc1[N+](=O)[O-]. The van der Waals surface area contributed by atoms with Gasteiger partial charge in [0.1, 0.15) is 5.69 Å². The lowest BCUT2D eigenvalue weighted by molar-refractivity contribution is -0.384. The van der Waals surface area contributed by atoms with Gasteiger partial charge in [-0.25, -0.2) is 0 Å². The average Bonchev–Trinajstić information content (AvgIpc) is 2.48. The number of hydrogen-bond donors (Lipinski definition) is 3. The maximum atomic E-state index is 12.1. The lowest BCUT2D eigenvalue weighted by Gasteiger charge is -2.08. The van der Waals surface area contributed by atoms with Crippen LogP contribution in [0.2, 0.25) is 0 Å². The van der Waals surface area contributed by atoms with Crippen LogP contribution in [0, 0.1) is 10.1 Å². The Balaban J connectivity index is 2.30. The zero-order valence-electron chi connectivity index (χ0n) is 10.7. The van der Waals surface area contributed by atoms with Crippen molar-refractivity contribution in [3.05, 3.63) is 62.6 Å². The van der Waals surface area contributed by atoms with E-state index < -0.39 is 10.8 Å².